The van der Waals surface area contributed by atoms with Gasteiger partial charge < -0.3 is 0 Å². The number of hydrogen-bond donors (Lipinski definition) is 1. The van der Waals surface area contributed by atoms with Gasteiger partial charge in [0, 0.05) is 5.41 Å². The number of unbranched alkanes of at least 4 members (excludes halogenated alkanes) is 10. The van der Waals surface area contributed by atoms with Crippen LogP contribution in [0.5, 0.6) is 0 Å². The molecule has 0 spiro atoms. The summed E-state index contributed by atoms with van der Waals surface area (Å²) in [5.74, 6) is 1.78. The minimum absolute atomic E-state index is 0.0176. The van der Waals surface area contributed by atoms with Gasteiger partial charge in [0.25, 0.3) is 5.82 Å². The molecule has 3 aromatic rings. The lowest BCUT2D eigenvalue weighted by Crippen LogP contribution is -2.41. The third kappa shape index (κ3) is 8.37. The lowest BCUT2D eigenvalue weighted by atomic mass is 9.66. The maximum Gasteiger partial charge on any atom is 0.258 e. The maximum absolute atomic E-state index is 3.62. The van der Waals surface area contributed by atoms with Crippen LogP contribution in [0.4, 0.5) is 0 Å². The van der Waals surface area contributed by atoms with E-state index in [1.54, 1.807) is 0 Å². The van der Waals surface area contributed by atoms with Gasteiger partial charge >= 0.3 is 0 Å². The molecule has 0 aliphatic rings. The lowest BCUT2D eigenvalue weighted by Gasteiger charge is -2.37. The smallest absolute Gasteiger partial charge is 0.247 e. The number of rotatable bonds is 17. The zero-order valence-corrected chi connectivity index (χ0v) is 22.6. The van der Waals surface area contributed by atoms with Crippen LogP contribution in [0.25, 0.3) is 0 Å². The Balaban J connectivity index is 1.64. The zero-order chi connectivity index (χ0) is 24.8. The van der Waals surface area contributed by atoms with Crippen LogP contribution < -0.4 is 4.57 Å². The Morgan fingerprint density at radius 2 is 1.29 bits per heavy atom. The molecule has 0 fully saturated rings. The van der Waals surface area contributed by atoms with E-state index < -0.39 is 0 Å². The van der Waals surface area contributed by atoms with Crippen molar-refractivity contribution in [1.82, 2.24) is 4.98 Å². The van der Waals surface area contributed by atoms with E-state index in [-0.39, 0.29) is 5.41 Å². The van der Waals surface area contributed by atoms with Crippen LogP contribution in [-0.2, 0) is 18.9 Å². The second kappa shape index (κ2) is 14.9. The first-order valence-electron chi connectivity index (χ1n) is 14.3. The average molecular weight is 474 g/mol. The fourth-order valence-electron chi connectivity index (χ4n) is 5.80. The van der Waals surface area contributed by atoms with Crippen LogP contribution in [0.15, 0.2) is 73.1 Å². The highest BCUT2D eigenvalue weighted by Crippen LogP contribution is 2.43. The molecule has 0 saturated heterocycles. The monoisotopic (exact) mass is 473 g/mol. The molecule has 0 aliphatic carbocycles. The first kappa shape index (κ1) is 27.2. The van der Waals surface area contributed by atoms with Gasteiger partial charge in [-0.15, -0.1) is 0 Å². The molecule has 2 unspecified atom stereocenters. The number of H-pyrrole nitrogens is 1. The molecule has 35 heavy (non-hydrogen) atoms. The summed E-state index contributed by atoms with van der Waals surface area (Å²) in [7, 11) is 2.19. The Morgan fingerprint density at radius 1 is 0.743 bits per heavy atom. The van der Waals surface area contributed by atoms with Crippen molar-refractivity contribution in [1.29, 1.82) is 0 Å². The summed E-state index contributed by atoms with van der Waals surface area (Å²) in [5.41, 5.74) is 2.87. The first-order chi connectivity index (χ1) is 17.1. The minimum atomic E-state index is 0.0176. The molecular weight excluding hydrogens is 424 g/mol. The predicted molar refractivity (Wildman–Crippen MR) is 150 cm³/mol. The molecule has 1 heterocycles. The summed E-state index contributed by atoms with van der Waals surface area (Å²) in [6.45, 7) is 4.78. The van der Waals surface area contributed by atoms with E-state index in [2.05, 4.69) is 104 Å². The van der Waals surface area contributed by atoms with Crippen molar-refractivity contribution in [2.45, 2.75) is 109 Å². The summed E-state index contributed by atoms with van der Waals surface area (Å²) in [6, 6.07) is 22.3. The van der Waals surface area contributed by atoms with Crippen molar-refractivity contribution in [3.63, 3.8) is 0 Å². The Kier molecular flexibility index (Phi) is 11.6. The number of hydrogen-bond acceptors (Lipinski definition) is 0. The fraction of sp³-hybridized carbons (Fsp3) is 0.545. The third-order valence-electron chi connectivity index (χ3n) is 7.95. The summed E-state index contributed by atoms with van der Waals surface area (Å²) in [4.78, 5) is 3.62. The van der Waals surface area contributed by atoms with Gasteiger partial charge in [0.15, 0.2) is 0 Å². The summed E-state index contributed by atoms with van der Waals surface area (Å²) in [6.07, 6.45) is 21.8. The molecule has 2 nitrogen and oxygen atoms in total. The normalized spacial score (nSPS) is 14.0. The zero-order valence-electron chi connectivity index (χ0n) is 22.6. The van der Waals surface area contributed by atoms with Crippen molar-refractivity contribution in [3.8, 4) is 0 Å². The predicted octanol–water partition coefficient (Wildman–Crippen LogP) is 8.82. The molecule has 0 amide bonds. The number of aromatic amines is 1. The van der Waals surface area contributed by atoms with E-state index in [0.717, 1.165) is 6.42 Å². The van der Waals surface area contributed by atoms with Crippen molar-refractivity contribution in [2.24, 2.45) is 7.05 Å². The lowest BCUT2D eigenvalue weighted by molar-refractivity contribution is -0.679. The molecule has 2 aromatic carbocycles. The van der Waals surface area contributed by atoms with Gasteiger partial charge in [0.2, 0.25) is 0 Å². The van der Waals surface area contributed by atoms with Crippen molar-refractivity contribution >= 4 is 0 Å². The highest BCUT2D eigenvalue weighted by atomic mass is 15.0. The molecule has 0 bridgehead atoms. The highest BCUT2D eigenvalue weighted by molar-refractivity contribution is 5.32. The summed E-state index contributed by atoms with van der Waals surface area (Å²) in [5, 5.41) is 0. The highest BCUT2D eigenvalue weighted by Gasteiger charge is 2.41. The van der Waals surface area contributed by atoms with Gasteiger partial charge in [0.1, 0.15) is 12.4 Å². The Morgan fingerprint density at radius 3 is 1.83 bits per heavy atom. The molecular formula is C33H49N2+. The molecule has 0 saturated carbocycles. The largest absolute Gasteiger partial charge is 0.258 e. The van der Waals surface area contributed by atoms with E-state index in [9.17, 15) is 0 Å². The number of benzene rings is 2. The van der Waals surface area contributed by atoms with Crippen LogP contribution in [-0.4, -0.2) is 4.98 Å². The number of nitrogens with zero attached hydrogens (tertiary/aromatic N) is 1. The van der Waals surface area contributed by atoms with E-state index in [0.29, 0.717) is 5.92 Å². The average Bonchev–Trinajstić information content (AvgIpc) is 3.31. The Labute approximate surface area is 215 Å². The molecule has 190 valence electrons. The van der Waals surface area contributed by atoms with Gasteiger partial charge in [-0.3, -0.25) is 0 Å². The quantitative estimate of drug-likeness (QED) is 0.149. The van der Waals surface area contributed by atoms with Crippen LogP contribution in [0.3, 0.4) is 0 Å². The van der Waals surface area contributed by atoms with Gasteiger partial charge in [0.05, 0.1) is 13.0 Å². The molecule has 1 N–H and O–H groups in total. The van der Waals surface area contributed by atoms with E-state index in [1.165, 1.54) is 94.0 Å². The number of aromatic nitrogens is 2. The molecule has 0 radical (unpaired) electrons. The topological polar surface area (TPSA) is 19.7 Å². The van der Waals surface area contributed by atoms with Gasteiger partial charge in [-0.2, -0.15) is 0 Å². The SMILES string of the molecule is CCCCCCCCCCCCCC(c1[nH]cc[n+]1C)C(C)(Cc1ccccc1)c1ccccc1. The second-order valence-corrected chi connectivity index (χ2v) is 10.8. The van der Waals surface area contributed by atoms with Crippen LogP contribution in [0.1, 0.15) is 114 Å². The summed E-state index contributed by atoms with van der Waals surface area (Å²) >= 11 is 0. The third-order valence-corrected chi connectivity index (χ3v) is 7.95. The molecule has 0 aliphatic heterocycles. The van der Waals surface area contributed by atoms with Crippen LogP contribution in [0, 0.1) is 0 Å². The number of nitrogens with one attached hydrogen (secondary N) is 1. The van der Waals surface area contributed by atoms with Gasteiger partial charge in [-0.05, 0) is 24.0 Å². The maximum atomic E-state index is 3.62. The van der Waals surface area contributed by atoms with Crippen molar-refractivity contribution in [2.75, 3.05) is 0 Å². The van der Waals surface area contributed by atoms with E-state index in [1.807, 2.05) is 0 Å². The van der Waals surface area contributed by atoms with Crippen LogP contribution >= 0.6 is 0 Å². The van der Waals surface area contributed by atoms with Crippen molar-refractivity contribution in [3.05, 3.63) is 90.0 Å². The second-order valence-electron chi connectivity index (χ2n) is 10.8. The number of imidazole rings is 1. The van der Waals surface area contributed by atoms with Gasteiger partial charge in [-0.25, -0.2) is 9.55 Å². The fourth-order valence-corrected chi connectivity index (χ4v) is 5.80. The molecule has 2 atom stereocenters. The molecule has 3 rings (SSSR count). The van der Waals surface area contributed by atoms with E-state index >= 15 is 0 Å². The minimum Gasteiger partial charge on any atom is -0.247 e. The molecule has 2 heteroatoms. The molecule has 1 aromatic heterocycles. The Hall–Kier alpha value is -2.35. The Bertz CT molecular complexity index is 930. The van der Waals surface area contributed by atoms with Crippen LogP contribution in [0.2, 0.25) is 0 Å². The number of aryl methyl sites for hydroxylation is 1. The first-order valence-corrected chi connectivity index (χ1v) is 14.3. The standard InChI is InChI=1S/C33H48N2/c1-4-5-6-7-8-9-10-11-12-13-20-25-31(32-34-26-27-35(32)3)33(2,30-23-18-15-19-24-30)28-29-21-16-14-17-22-29/h14-19,21-24,26-27,31H,4-13,20,25,28H2,1-3H3/p+1. The summed E-state index contributed by atoms with van der Waals surface area (Å²) < 4.78 is 2.30. The van der Waals surface area contributed by atoms with Gasteiger partial charge in [-0.1, -0.05) is 145 Å². The van der Waals surface area contributed by atoms with E-state index in [4.69, 9.17) is 0 Å². The van der Waals surface area contributed by atoms with Crippen molar-refractivity contribution < 1.29 is 4.57 Å².